The summed E-state index contributed by atoms with van der Waals surface area (Å²) < 4.78 is 0. The van der Waals surface area contributed by atoms with Gasteiger partial charge in [-0.2, -0.15) is 0 Å². The van der Waals surface area contributed by atoms with E-state index in [1.165, 1.54) is 38.5 Å². The Kier molecular flexibility index (Phi) is 4.88. The Hall–Kier alpha value is -0.570. The molecule has 19 heavy (non-hydrogen) atoms. The smallest absolute Gasteiger partial charge is 0.237 e. The molecule has 0 bridgehead atoms. The van der Waals surface area contributed by atoms with Gasteiger partial charge in [-0.3, -0.25) is 4.79 Å². The number of carbonyl (C=O) groups excluding carboxylic acids is 1. The van der Waals surface area contributed by atoms with Crippen LogP contribution in [0.2, 0.25) is 0 Å². The summed E-state index contributed by atoms with van der Waals surface area (Å²) in [5.41, 5.74) is 0.428. The summed E-state index contributed by atoms with van der Waals surface area (Å²) >= 11 is 0. The van der Waals surface area contributed by atoms with Crippen molar-refractivity contribution in [3.8, 4) is 0 Å². The molecule has 2 saturated carbocycles. The highest BCUT2D eigenvalue weighted by atomic mass is 16.2. The van der Waals surface area contributed by atoms with Crippen LogP contribution in [0, 0.1) is 5.41 Å². The van der Waals surface area contributed by atoms with Gasteiger partial charge in [-0.25, -0.2) is 0 Å². The van der Waals surface area contributed by atoms with E-state index in [4.69, 9.17) is 0 Å². The molecule has 2 aliphatic carbocycles. The maximum absolute atomic E-state index is 12.2. The second-order valence-corrected chi connectivity index (χ2v) is 7.34. The third-order valence-corrected chi connectivity index (χ3v) is 4.79. The van der Waals surface area contributed by atoms with Crippen LogP contribution < -0.4 is 10.6 Å². The van der Waals surface area contributed by atoms with E-state index in [1.54, 1.807) is 0 Å². The van der Waals surface area contributed by atoms with Gasteiger partial charge < -0.3 is 10.6 Å². The predicted octanol–water partition coefficient (Wildman–Crippen LogP) is 2.99. The predicted molar refractivity (Wildman–Crippen MR) is 79.0 cm³/mol. The Morgan fingerprint density at radius 1 is 1.11 bits per heavy atom. The average molecular weight is 266 g/mol. The molecule has 3 heteroatoms. The van der Waals surface area contributed by atoms with Gasteiger partial charge in [0.1, 0.15) is 0 Å². The molecular formula is C16H30N2O. The first-order chi connectivity index (χ1) is 8.96. The molecule has 0 aromatic rings. The van der Waals surface area contributed by atoms with E-state index >= 15 is 0 Å². The minimum absolute atomic E-state index is 0.0560. The van der Waals surface area contributed by atoms with Crippen LogP contribution in [0.15, 0.2) is 0 Å². The van der Waals surface area contributed by atoms with E-state index in [0.717, 1.165) is 12.8 Å². The zero-order valence-electron chi connectivity index (χ0n) is 12.8. The lowest BCUT2D eigenvalue weighted by atomic mass is 9.75. The monoisotopic (exact) mass is 266 g/mol. The summed E-state index contributed by atoms with van der Waals surface area (Å²) in [5.74, 6) is 0.190. The van der Waals surface area contributed by atoms with Crippen LogP contribution in [0.5, 0.6) is 0 Å². The maximum atomic E-state index is 12.2. The van der Waals surface area contributed by atoms with Crippen molar-refractivity contribution in [2.24, 2.45) is 5.41 Å². The molecule has 2 fully saturated rings. The Labute approximate surface area is 117 Å². The molecule has 0 aromatic carbocycles. The molecule has 0 aliphatic heterocycles. The fourth-order valence-electron chi connectivity index (χ4n) is 3.67. The maximum Gasteiger partial charge on any atom is 0.237 e. The van der Waals surface area contributed by atoms with Gasteiger partial charge >= 0.3 is 0 Å². The molecule has 3 nitrogen and oxygen atoms in total. The van der Waals surface area contributed by atoms with Crippen molar-refractivity contribution < 1.29 is 4.79 Å². The highest BCUT2D eigenvalue weighted by molar-refractivity contribution is 5.81. The SMILES string of the molecule is CC(NC1CCCC(C)(C)C1)C(=O)NC1CCCC1. The molecule has 0 saturated heterocycles. The fourth-order valence-corrected chi connectivity index (χ4v) is 3.67. The lowest BCUT2D eigenvalue weighted by Gasteiger charge is -2.36. The number of nitrogens with one attached hydrogen (secondary N) is 2. The zero-order valence-corrected chi connectivity index (χ0v) is 12.8. The van der Waals surface area contributed by atoms with Gasteiger partial charge in [0, 0.05) is 12.1 Å². The lowest BCUT2D eigenvalue weighted by molar-refractivity contribution is -0.123. The van der Waals surface area contributed by atoms with Gasteiger partial charge in [-0.15, -0.1) is 0 Å². The van der Waals surface area contributed by atoms with Crippen LogP contribution in [0.4, 0.5) is 0 Å². The number of amides is 1. The van der Waals surface area contributed by atoms with Crippen molar-refractivity contribution in [3.05, 3.63) is 0 Å². The van der Waals surface area contributed by atoms with Crippen molar-refractivity contribution in [2.75, 3.05) is 0 Å². The minimum atomic E-state index is -0.0560. The van der Waals surface area contributed by atoms with Crippen LogP contribution in [-0.2, 0) is 4.79 Å². The van der Waals surface area contributed by atoms with E-state index in [2.05, 4.69) is 24.5 Å². The van der Waals surface area contributed by atoms with Crippen molar-refractivity contribution in [1.82, 2.24) is 10.6 Å². The molecule has 2 rings (SSSR count). The van der Waals surface area contributed by atoms with Gasteiger partial charge in [0.15, 0.2) is 0 Å². The number of hydrogen-bond donors (Lipinski definition) is 2. The van der Waals surface area contributed by atoms with E-state index in [1.807, 2.05) is 6.92 Å². The van der Waals surface area contributed by atoms with Crippen LogP contribution in [-0.4, -0.2) is 24.0 Å². The molecule has 110 valence electrons. The van der Waals surface area contributed by atoms with Crippen LogP contribution in [0.25, 0.3) is 0 Å². The molecular weight excluding hydrogens is 236 g/mol. The third-order valence-electron chi connectivity index (χ3n) is 4.79. The normalized spacial score (nSPS) is 29.1. The summed E-state index contributed by atoms with van der Waals surface area (Å²) in [7, 11) is 0. The molecule has 1 amide bonds. The van der Waals surface area contributed by atoms with Crippen molar-refractivity contribution >= 4 is 5.91 Å². The first-order valence-electron chi connectivity index (χ1n) is 8.03. The van der Waals surface area contributed by atoms with Gasteiger partial charge in [0.05, 0.1) is 6.04 Å². The van der Waals surface area contributed by atoms with E-state index < -0.39 is 0 Å². The molecule has 2 unspecified atom stereocenters. The van der Waals surface area contributed by atoms with Crippen LogP contribution in [0.1, 0.15) is 72.1 Å². The molecule has 0 spiro atoms. The second kappa shape index (κ2) is 6.25. The molecule has 2 atom stereocenters. The molecule has 0 heterocycles. The van der Waals surface area contributed by atoms with Gasteiger partial charge in [0.2, 0.25) is 5.91 Å². The van der Waals surface area contributed by atoms with Crippen molar-refractivity contribution in [3.63, 3.8) is 0 Å². The minimum Gasteiger partial charge on any atom is -0.352 e. The zero-order chi connectivity index (χ0) is 13.9. The number of carbonyl (C=O) groups is 1. The first-order valence-corrected chi connectivity index (χ1v) is 8.03. The average Bonchev–Trinajstić information content (AvgIpc) is 2.80. The Balaban J connectivity index is 1.76. The van der Waals surface area contributed by atoms with E-state index in [0.29, 0.717) is 17.5 Å². The lowest BCUT2D eigenvalue weighted by Crippen LogP contribution is -2.50. The van der Waals surface area contributed by atoms with Crippen LogP contribution in [0.3, 0.4) is 0 Å². The standard InChI is InChI=1S/C16H30N2O/c1-12(15(19)18-13-7-4-5-8-13)17-14-9-6-10-16(2,3)11-14/h12-14,17H,4-11H2,1-3H3,(H,18,19). The summed E-state index contributed by atoms with van der Waals surface area (Å²) in [6, 6.07) is 0.882. The van der Waals surface area contributed by atoms with Gasteiger partial charge in [-0.05, 0) is 44.4 Å². The first kappa shape index (κ1) is 14.8. The third kappa shape index (κ3) is 4.48. The highest BCUT2D eigenvalue weighted by Crippen LogP contribution is 2.35. The Morgan fingerprint density at radius 3 is 2.37 bits per heavy atom. The second-order valence-electron chi connectivity index (χ2n) is 7.34. The Bertz CT molecular complexity index is 308. The van der Waals surface area contributed by atoms with Gasteiger partial charge in [0.25, 0.3) is 0 Å². The van der Waals surface area contributed by atoms with E-state index in [-0.39, 0.29) is 11.9 Å². The summed E-state index contributed by atoms with van der Waals surface area (Å²) in [6.07, 6.45) is 9.85. The van der Waals surface area contributed by atoms with Gasteiger partial charge in [-0.1, -0.05) is 33.1 Å². The topological polar surface area (TPSA) is 41.1 Å². The number of rotatable bonds is 4. The quantitative estimate of drug-likeness (QED) is 0.821. The number of hydrogen-bond acceptors (Lipinski definition) is 2. The molecule has 2 N–H and O–H groups in total. The Morgan fingerprint density at radius 2 is 1.74 bits per heavy atom. The highest BCUT2D eigenvalue weighted by Gasteiger charge is 2.30. The van der Waals surface area contributed by atoms with Crippen molar-refractivity contribution in [1.29, 1.82) is 0 Å². The summed E-state index contributed by atoms with van der Waals surface area (Å²) in [5, 5.41) is 6.72. The fraction of sp³-hybridized carbons (Fsp3) is 0.938. The molecule has 0 radical (unpaired) electrons. The van der Waals surface area contributed by atoms with Crippen LogP contribution >= 0.6 is 0 Å². The summed E-state index contributed by atoms with van der Waals surface area (Å²) in [6.45, 7) is 6.68. The van der Waals surface area contributed by atoms with E-state index in [9.17, 15) is 4.79 Å². The largest absolute Gasteiger partial charge is 0.352 e. The molecule has 0 aromatic heterocycles. The van der Waals surface area contributed by atoms with Crippen molar-refractivity contribution in [2.45, 2.75) is 90.3 Å². The molecule has 2 aliphatic rings. The summed E-state index contributed by atoms with van der Waals surface area (Å²) in [4.78, 5) is 12.2.